The van der Waals surface area contributed by atoms with Crippen molar-refractivity contribution in [2.75, 3.05) is 14.2 Å². The van der Waals surface area contributed by atoms with Gasteiger partial charge in [-0.3, -0.25) is 0 Å². The average molecular weight is 350 g/mol. The van der Waals surface area contributed by atoms with Gasteiger partial charge in [0.05, 0.1) is 49.1 Å². The molecular weight excluding hydrogens is 332 g/mol. The number of methoxy groups -OCH3 is 2. The Morgan fingerprint density at radius 3 is 2.81 bits per heavy atom. The third kappa shape index (κ3) is 2.07. The summed E-state index contributed by atoms with van der Waals surface area (Å²) in [6.45, 7) is 0. The Labute approximate surface area is 149 Å². The quantitative estimate of drug-likeness (QED) is 0.729. The molecule has 132 valence electrons. The standard InChI is InChI=1S/C19H18N4O3/c1-25-16-6-12-14(7-17(16)26-2)22-20-10-15(12)23-18-11(9-21-23)4-3-5-19(24)8-13(18)19/h3,5-7,9-10,13,24H,4,8H2,1-2H3. The second-order valence-corrected chi connectivity index (χ2v) is 6.78. The maximum atomic E-state index is 10.6. The predicted molar refractivity (Wildman–Crippen MR) is 94.9 cm³/mol. The van der Waals surface area contributed by atoms with Crippen LogP contribution >= 0.6 is 0 Å². The molecule has 0 aliphatic heterocycles. The van der Waals surface area contributed by atoms with E-state index in [0.717, 1.165) is 35.2 Å². The molecule has 2 aliphatic carbocycles. The summed E-state index contributed by atoms with van der Waals surface area (Å²) in [6, 6.07) is 3.70. The van der Waals surface area contributed by atoms with Crippen molar-refractivity contribution in [3.05, 3.63) is 47.9 Å². The van der Waals surface area contributed by atoms with Crippen LogP contribution in [0.15, 0.2) is 36.7 Å². The maximum absolute atomic E-state index is 10.6. The van der Waals surface area contributed by atoms with E-state index in [4.69, 9.17) is 9.47 Å². The zero-order chi connectivity index (χ0) is 17.9. The molecule has 2 atom stereocenters. The molecule has 26 heavy (non-hydrogen) atoms. The van der Waals surface area contributed by atoms with E-state index in [1.54, 1.807) is 20.4 Å². The molecule has 1 saturated carbocycles. The van der Waals surface area contributed by atoms with Crippen LogP contribution in [0.4, 0.5) is 0 Å². The summed E-state index contributed by atoms with van der Waals surface area (Å²) >= 11 is 0. The average Bonchev–Trinajstić information content (AvgIpc) is 3.18. The minimum absolute atomic E-state index is 0.0575. The van der Waals surface area contributed by atoms with Crippen molar-refractivity contribution in [3.63, 3.8) is 0 Å². The van der Waals surface area contributed by atoms with Crippen molar-refractivity contribution in [2.45, 2.75) is 24.4 Å². The first-order valence-corrected chi connectivity index (χ1v) is 8.49. The van der Waals surface area contributed by atoms with Crippen molar-refractivity contribution in [1.82, 2.24) is 20.0 Å². The molecule has 5 rings (SSSR count). The molecule has 2 aromatic heterocycles. The van der Waals surface area contributed by atoms with Crippen molar-refractivity contribution in [3.8, 4) is 17.2 Å². The zero-order valence-electron chi connectivity index (χ0n) is 14.5. The zero-order valence-corrected chi connectivity index (χ0v) is 14.5. The molecule has 1 aromatic carbocycles. The molecule has 7 nitrogen and oxygen atoms in total. The molecule has 0 radical (unpaired) electrons. The van der Waals surface area contributed by atoms with E-state index in [1.165, 1.54) is 0 Å². The molecule has 2 aliphatic rings. The van der Waals surface area contributed by atoms with E-state index in [0.29, 0.717) is 17.0 Å². The fourth-order valence-electron chi connectivity index (χ4n) is 3.83. The summed E-state index contributed by atoms with van der Waals surface area (Å²) in [4.78, 5) is 0. The third-order valence-corrected chi connectivity index (χ3v) is 5.29. The van der Waals surface area contributed by atoms with Gasteiger partial charge in [-0.15, -0.1) is 0 Å². The number of ether oxygens (including phenoxy) is 2. The Morgan fingerprint density at radius 1 is 1.19 bits per heavy atom. The van der Waals surface area contributed by atoms with Gasteiger partial charge in [-0.25, -0.2) is 4.68 Å². The number of hydrogen-bond acceptors (Lipinski definition) is 6. The Hall–Kier alpha value is -2.93. The highest BCUT2D eigenvalue weighted by molar-refractivity contribution is 5.89. The molecule has 7 heteroatoms. The number of fused-ring (bicyclic) bond motifs is 4. The lowest BCUT2D eigenvalue weighted by molar-refractivity contribution is 0.194. The Balaban J connectivity index is 1.73. The normalized spacial score (nSPS) is 23.3. The second-order valence-electron chi connectivity index (χ2n) is 6.78. The number of benzene rings is 1. The molecular formula is C19H18N4O3. The van der Waals surface area contributed by atoms with E-state index >= 15 is 0 Å². The molecule has 0 spiro atoms. The summed E-state index contributed by atoms with van der Waals surface area (Å²) in [5.41, 5.74) is 2.93. The van der Waals surface area contributed by atoms with Crippen LogP contribution in [0.25, 0.3) is 16.6 Å². The van der Waals surface area contributed by atoms with E-state index in [-0.39, 0.29) is 5.92 Å². The van der Waals surface area contributed by atoms with Crippen LogP contribution in [0.5, 0.6) is 11.5 Å². The number of aromatic nitrogens is 4. The largest absolute Gasteiger partial charge is 0.493 e. The van der Waals surface area contributed by atoms with Gasteiger partial charge in [-0.1, -0.05) is 12.2 Å². The van der Waals surface area contributed by atoms with Gasteiger partial charge in [0.25, 0.3) is 0 Å². The first-order valence-electron chi connectivity index (χ1n) is 8.49. The lowest BCUT2D eigenvalue weighted by Gasteiger charge is -2.13. The van der Waals surface area contributed by atoms with Crippen molar-refractivity contribution in [2.24, 2.45) is 0 Å². The van der Waals surface area contributed by atoms with Crippen molar-refractivity contribution in [1.29, 1.82) is 0 Å². The smallest absolute Gasteiger partial charge is 0.162 e. The van der Waals surface area contributed by atoms with E-state index in [9.17, 15) is 5.11 Å². The Kier molecular flexibility index (Phi) is 3.12. The van der Waals surface area contributed by atoms with E-state index in [2.05, 4.69) is 15.3 Å². The lowest BCUT2D eigenvalue weighted by atomic mass is 10.1. The molecule has 3 aromatic rings. The Bertz CT molecular complexity index is 1060. The SMILES string of the molecule is COc1cc2nncc(-n3ncc4c3C3CC3(O)C=CC4)c2cc1OC. The first kappa shape index (κ1) is 15.3. The lowest BCUT2D eigenvalue weighted by Crippen LogP contribution is -2.10. The van der Waals surface area contributed by atoms with Crippen LogP contribution in [-0.2, 0) is 6.42 Å². The monoisotopic (exact) mass is 350 g/mol. The van der Waals surface area contributed by atoms with Gasteiger partial charge < -0.3 is 14.6 Å². The fourth-order valence-corrected chi connectivity index (χ4v) is 3.83. The highest BCUT2D eigenvalue weighted by atomic mass is 16.5. The van der Waals surface area contributed by atoms with Crippen LogP contribution in [0.2, 0.25) is 0 Å². The van der Waals surface area contributed by atoms with Crippen molar-refractivity contribution >= 4 is 10.9 Å². The number of rotatable bonds is 3. The van der Waals surface area contributed by atoms with E-state index in [1.807, 2.05) is 35.2 Å². The van der Waals surface area contributed by atoms with Gasteiger partial charge >= 0.3 is 0 Å². The van der Waals surface area contributed by atoms with Gasteiger partial charge in [0.1, 0.15) is 0 Å². The van der Waals surface area contributed by atoms with Crippen LogP contribution in [0.1, 0.15) is 23.6 Å². The van der Waals surface area contributed by atoms with Gasteiger partial charge in [0, 0.05) is 17.4 Å². The molecule has 2 heterocycles. The predicted octanol–water partition coefficient (Wildman–Crippen LogP) is 2.16. The molecule has 0 saturated heterocycles. The minimum Gasteiger partial charge on any atom is -0.493 e. The van der Waals surface area contributed by atoms with Crippen LogP contribution in [-0.4, -0.2) is 44.9 Å². The molecule has 2 unspecified atom stereocenters. The van der Waals surface area contributed by atoms with Gasteiger partial charge in [0.15, 0.2) is 11.5 Å². The number of nitrogens with zero attached hydrogens (tertiary/aromatic N) is 4. The summed E-state index contributed by atoms with van der Waals surface area (Å²) in [5, 5.41) is 24.5. The van der Waals surface area contributed by atoms with Gasteiger partial charge in [0.2, 0.25) is 0 Å². The highest BCUT2D eigenvalue weighted by Gasteiger charge is 2.55. The second kappa shape index (κ2) is 5.28. The summed E-state index contributed by atoms with van der Waals surface area (Å²) in [7, 11) is 3.20. The van der Waals surface area contributed by atoms with Crippen LogP contribution in [0, 0.1) is 0 Å². The van der Waals surface area contributed by atoms with Crippen LogP contribution in [0.3, 0.4) is 0 Å². The van der Waals surface area contributed by atoms with E-state index < -0.39 is 5.60 Å². The number of aliphatic hydroxyl groups is 1. The van der Waals surface area contributed by atoms with Crippen LogP contribution < -0.4 is 9.47 Å². The van der Waals surface area contributed by atoms with Gasteiger partial charge in [-0.05, 0) is 24.5 Å². The van der Waals surface area contributed by atoms with Crippen molar-refractivity contribution < 1.29 is 14.6 Å². The topological polar surface area (TPSA) is 82.3 Å². The number of allylic oxidation sites excluding steroid dienone is 1. The summed E-state index contributed by atoms with van der Waals surface area (Å²) in [6.07, 6.45) is 8.99. The molecule has 0 amide bonds. The maximum Gasteiger partial charge on any atom is 0.162 e. The first-order chi connectivity index (χ1) is 12.6. The van der Waals surface area contributed by atoms with Gasteiger partial charge in [-0.2, -0.15) is 15.3 Å². The Morgan fingerprint density at radius 2 is 2.00 bits per heavy atom. The minimum atomic E-state index is -0.750. The number of hydrogen-bond donors (Lipinski definition) is 1. The molecule has 1 fully saturated rings. The summed E-state index contributed by atoms with van der Waals surface area (Å²) < 4.78 is 12.7. The molecule has 0 bridgehead atoms. The fraction of sp³-hybridized carbons (Fsp3) is 0.316. The third-order valence-electron chi connectivity index (χ3n) is 5.29. The molecule has 1 N–H and O–H groups in total. The summed E-state index contributed by atoms with van der Waals surface area (Å²) in [5.74, 6) is 1.28. The highest BCUT2D eigenvalue weighted by Crippen LogP contribution is 2.55.